The summed E-state index contributed by atoms with van der Waals surface area (Å²) in [4.78, 5) is 10.7. The summed E-state index contributed by atoms with van der Waals surface area (Å²) in [6.45, 7) is 1.03. The molecule has 20 heavy (non-hydrogen) atoms. The molecule has 1 saturated heterocycles. The predicted octanol–water partition coefficient (Wildman–Crippen LogP) is 1.52. The summed E-state index contributed by atoms with van der Waals surface area (Å²) in [6, 6.07) is 6.32. The molecule has 1 aromatic rings. The molecular formula is C13H15NO4S2. The lowest BCUT2D eigenvalue weighted by atomic mass is 10.2. The molecule has 0 spiro atoms. The van der Waals surface area contributed by atoms with Gasteiger partial charge in [-0.2, -0.15) is 16.1 Å². The van der Waals surface area contributed by atoms with Gasteiger partial charge in [-0.25, -0.2) is 13.2 Å². The number of carboxylic acids is 1. The number of sulfonamides is 1. The summed E-state index contributed by atoms with van der Waals surface area (Å²) in [5.74, 6) is 0.543. The van der Waals surface area contributed by atoms with E-state index < -0.39 is 16.0 Å². The van der Waals surface area contributed by atoms with Crippen LogP contribution in [-0.2, 0) is 14.8 Å². The smallest absolute Gasteiger partial charge is 0.328 e. The minimum absolute atomic E-state index is 0.205. The first-order valence-electron chi connectivity index (χ1n) is 6.09. The van der Waals surface area contributed by atoms with E-state index in [9.17, 15) is 13.2 Å². The number of benzene rings is 1. The number of carboxylic acid groups (broad SMARTS) is 1. The van der Waals surface area contributed by atoms with E-state index in [1.54, 1.807) is 23.9 Å². The minimum Gasteiger partial charge on any atom is -0.478 e. The van der Waals surface area contributed by atoms with Crippen molar-refractivity contribution >= 4 is 33.8 Å². The third-order valence-electron chi connectivity index (χ3n) is 2.88. The van der Waals surface area contributed by atoms with Crippen molar-refractivity contribution in [2.24, 2.45) is 0 Å². The topological polar surface area (TPSA) is 74.7 Å². The van der Waals surface area contributed by atoms with Gasteiger partial charge in [-0.3, -0.25) is 0 Å². The second-order valence-corrected chi connectivity index (χ2v) is 7.42. The quantitative estimate of drug-likeness (QED) is 0.853. The van der Waals surface area contributed by atoms with Crippen LogP contribution in [0.3, 0.4) is 0 Å². The zero-order valence-electron chi connectivity index (χ0n) is 10.7. The lowest BCUT2D eigenvalue weighted by Crippen LogP contribution is -2.37. The molecule has 108 valence electrons. The van der Waals surface area contributed by atoms with Gasteiger partial charge in [0, 0.05) is 30.7 Å². The molecule has 0 saturated carbocycles. The van der Waals surface area contributed by atoms with Gasteiger partial charge in [0.25, 0.3) is 0 Å². The lowest BCUT2D eigenvalue weighted by Gasteiger charge is -2.25. The van der Waals surface area contributed by atoms with E-state index in [1.165, 1.54) is 22.5 Å². The number of rotatable bonds is 4. The Morgan fingerprint density at radius 3 is 2.65 bits per heavy atom. The Labute approximate surface area is 122 Å². The standard InChI is InChI=1S/C13H15NO4S2/c15-13(16)5-4-11-2-1-3-12(10-11)20(17,18)14-6-8-19-9-7-14/h1-5,10H,6-9H2,(H,15,16). The summed E-state index contributed by atoms with van der Waals surface area (Å²) >= 11 is 1.74. The molecule has 0 radical (unpaired) electrons. The zero-order chi connectivity index (χ0) is 14.6. The van der Waals surface area contributed by atoms with Crippen LogP contribution in [0.15, 0.2) is 35.2 Å². The molecule has 1 fully saturated rings. The number of nitrogens with zero attached hydrogens (tertiary/aromatic N) is 1. The van der Waals surface area contributed by atoms with Crippen LogP contribution in [-0.4, -0.2) is 48.4 Å². The highest BCUT2D eigenvalue weighted by atomic mass is 32.2. The Hall–Kier alpha value is -1.31. The molecule has 2 rings (SSSR count). The molecule has 1 aromatic carbocycles. The number of hydrogen-bond acceptors (Lipinski definition) is 4. The third-order valence-corrected chi connectivity index (χ3v) is 5.72. The van der Waals surface area contributed by atoms with Gasteiger partial charge >= 0.3 is 5.97 Å². The van der Waals surface area contributed by atoms with Gasteiger partial charge in [-0.1, -0.05) is 12.1 Å². The van der Waals surface area contributed by atoms with Crippen molar-refractivity contribution < 1.29 is 18.3 Å². The van der Waals surface area contributed by atoms with Gasteiger partial charge in [0.2, 0.25) is 10.0 Å². The fourth-order valence-electron chi connectivity index (χ4n) is 1.88. The van der Waals surface area contributed by atoms with Crippen molar-refractivity contribution in [2.45, 2.75) is 4.90 Å². The van der Waals surface area contributed by atoms with E-state index in [2.05, 4.69) is 0 Å². The maximum absolute atomic E-state index is 12.5. The van der Waals surface area contributed by atoms with Crippen molar-refractivity contribution in [1.82, 2.24) is 4.31 Å². The molecule has 1 heterocycles. The van der Waals surface area contributed by atoms with Crippen LogP contribution in [0.5, 0.6) is 0 Å². The Kier molecular flexibility index (Phi) is 4.85. The average molecular weight is 313 g/mol. The van der Waals surface area contributed by atoms with E-state index in [0.29, 0.717) is 18.7 Å². The van der Waals surface area contributed by atoms with Crippen molar-refractivity contribution in [3.05, 3.63) is 35.9 Å². The maximum Gasteiger partial charge on any atom is 0.328 e. The molecule has 1 aliphatic rings. The van der Waals surface area contributed by atoms with Gasteiger partial charge in [-0.05, 0) is 23.8 Å². The first-order chi connectivity index (χ1) is 9.50. The summed E-state index contributed by atoms with van der Waals surface area (Å²) in [5, 5.41) is 8.59. The van der Waals surface area contributed by atoms with Crippen LogP contribution in [0, 0.1) is 0 Å². The van der Waals surface area contributed by atoms with Crippen LogP contribution in [0.2, 0.25) is 0 Å². The second-order valence-electron chi connectivity index (χ2n) is 4.26. The molecule has 0 aliphatic carbocycles. The fourth-order valence-corrected chi connectivity index (χ4v) is 4.51. The van der Waals surface area contributed by atoms with E-state index in [4.69, 9.17) is 5.11 Å². The summed E-state index contributed by atoms with van der Waals surface area (Å²) in [6.07, 6.45) is 2.37. The van der Waals surface area contributed by atoms with Crippen LogP contribution in [0.1, 0.15) is 5.56 Å². The predicted molar refractivity (Wildman–Crippen MR) is 79.2 cm³/mol. The van der Waals surface area contributed by atoms with Crippen molar-refractivity contribution in [3.8, 4) is 0 Å². The van der Waals surface area contributed by atoms with Gasteiger partial charge in [0.15, 0.2) is 0 Å². The molecular weight excluding hydrogens is 298 g/mol. The monoisotopic (exact) mass is 313 g/mol. The average Bonchev–Trinajstić information content (AvgIpc) is 2.46. The highest BCUT2D eigenvalue weighted by Gasteiger charge is 2.25. The molecule has 0 aromatic heterocycles. The Balaban J connectivity index is 2.27. The van der Waals surface area contributed by atoms with Crippen molar-refractivity contribution in [1.29, 1.82) is 0 Å². The zero-order valence-corrected chi connectivity index (χ0v) is 12.4. The second kappa shape index (κ2) is 6.43. The normalized spacial score (nSPS) is 17.4. The number of thioether (sulfide) groups is 1. The molecule has 1 aliphatic heterocycles. The fraction of sp³-hybridized carbons (Fsp3) is 0.308. The van der Waals surface area contributed by atoms with E-state index in [0.717, 1.165) is 17.6 Å². The molecule has 5 nitrogen and oxygen atoms in total. The molecule has 0 unspecified atom stereocenters. The van der Waals surface area contributed by atoms with E-state index in [-0.39, 0.29) is 4.90 Å². The molecule has 0 atom stereocenters. The lowest BCUT2D eigenvalue weighted by molar-refractivity contribution is -0.131. The SMILES string of the molecule is O=C(O)C=Cc1cccc(S(=O)(=O)N2CCSCC2)c1. The Bertz CT molecular complexity index is 619. The van der Waals surface area contributed by atoms with Crippen molar-refractivity contribution in [3.63, 3.8) is 0 Å². The van der Waals surface area contributed by atoms with Gasteiger partial charge in [0.1, 0.15) is 0 Å². The summed E-state index contributed by atoms with van der Waals surface area (Å²) in [5.41, 5.74) is 0.555. The van der Waals surface area contributed by atoms with Gasteiger partial charge in [0.05, 0.1) is 4.90 Å². The van der Waals surface area contributed by atoms with Crippen LogP contribution < -0.4 is 0 Å². The minimum atomic E-state index is -3.48. The molecule has 0 amide bonds. The number of aliphatic carboxylic acids is 1. The molecule has 7 heteroatoms. The highest BCUT2D eigenvalue weighted by molar-refractivity contribution is 7.99. The number of carbonyl (C=O) groups is 1. The first kappa shape index (κ1) is 15.1. The van der Waals surface area contributed by atoms with Crippen LogP contribution >= 0.6 is 11.8 Å². The van der Waals surface area contributed by atoms with Gasteiger partial charge < -0.3 is 5.11 Å². The molecule has 0 bridgehead atoms. The number of hydrogen-bond donors (Lipinski definition) is 1. The Morgan fingerprint density at radius 1 is 1.30 bits per heavy atom. The first-order valence-corrected chi connectivity index (χ1v) is 8.68. The summed E-state index contributed by atoms with van der Waals surface area (Å²) < 4.78 is 26.4. The van der Waals surface area contributed by atoms with Gasteiger partial charge in [-0.15, -0.1) is 0 Å². The molecule has 1 N–H and O–H groups in total. The maximum atomic E-state index is 12.5. The van der Waals surface area contributed by atoms with Crippen molar-refractivity contribution in [2.75, 3.05) is 24.6 Å². The third kappa shape index (κ3) is 3.62. The summed E-state index contributed by atoms with van der Waals surface area (Å²) in [7, 11) is -3.48. The van der Waals surface area contributed by atoms with Crippen LogP contribution in [0.4, 0.5) is 0 Å². The van der Waals surface area contributed by atoms with E-state index >= 15 is 0 Å². The van der Waals surface area contributed by atoms with E-state index in [1.807, 2.05) is 0 Å². The largest absolute Gasteiger partial charge is 0.478 e. The highest BCUT2D eigenvalue weighted by Crippen LogP contribution is 2.21. The Morgan fingerprint density at radius 2 is 2.00 bits per heavy atom. The van der Waals surface area contributed by atoms with Crippen LogP contribution in [0.25, 0.3) is 6.08 Å².